The molecule has 0 bridgehead atoms. The molecule has 0 spiro atoms. The molecule has 0 amide bonds. The summed E-state index contributed by atoms with van der Waals surface area (Å²) in [5.41, 5.74) is 2.43. The monoisotopic (exact) mass is 814 g/mol. The molecule has 0 aromatic rings. The predicted molar refractivity (Wildman–Crippen MR) is 199 cm³/mol. The van der Waals surface area contributed by atoms with Gasteiger partial charge in [0.15, 0.2) is 11.6 Å². The molecule has 50 heavy (non-hydrogen) atoms. The molecule has 6 fully saturated rings. The molecule has 0 radical (unpaired) electrons. The van der Waals surface area contributed by atoms with Gasteiger partial charge in [0.2, 0.25) is 0 Å². The first-order chi connectivity index (χ1) is 23.7. The van der Waals surface area contributed by atoms with Gasteiger partial charge in [-0.3, -0.25) is 19.2 Å². The highest BCUT2D eigenvalue weighted by atomic mass is 79.9. The molecule has 3 unspecified atom stereocenters. The molecule has 0 N–H and O–H groups in total. The molecule has 8 heteroatoms. The largest absolute Gasteiger partial charge is 0.461 e. The minimum absolute atomic E-state index is 0.0290. The van der Waals surface area contributed by atoms with Crippen LogP contribution in [0, 0.1) is 63.1 Å². The number of alkyl halides is 2. The maximum Gasteiger partial charge on any atom is 0.320 e. The fourth-order valence-electron chi connectivity index (χ4n) is 14.5. The summed E-state index contributed by atoms with van der Waals surface area (Å²) in [6, 6.07) is 0. The zero-order valence-corrected chi connectivity index (χ0v) is 33.6. The fourth-order valence-corrected chi connectivity index (χ4v) is 15.5. The van der Waals surface area contributed by atoms with E-state index in [0.29, 0.717) is 54.1 Å². The first-order valence-corrected chi connectivity index (χ1v) is 21.9. The number of hydrogen-bond donors (Lipinski definition) is 0. The Labute approximate surface area is 315 Å². The average molecular weight is 817 g/mol. The van der Waals surface area contributed by atoms with E-state index in [4.69, 9.17) is 9.47 Å². The van der Waals surface area contributed by atoms with Crippen molar-refractivity contribution in [3.63, 3.8) is 0 Å². The van der Waals surface area contributed by atoms with Crippen LogP contribution in [0.3, 0.4) is 0 Å². The highest BCUT2D eigenvalue weighted by Crippen LogP contribution is 2.68. The number of rotatable bonds is 5. The van der Waals surface area contributed by atoms with E-state index in [1.807, 2.05) is 12.2 Å². The van der Waals surface area contributed by atoms with Gasteiger partial charge in [0.1, 0.15) is 22.4 Å². The van der Waals surface area contributed by atoms with E-state index in [1.165, 1.54) is 11.1 Å². The molecular formula is C42H56Br2O6. The summed E-state index contributed by atoms with van der Waals surface area (Å²) in [7, 11) is 0. The molecule has 0 heterocycles. The Kier molecular flexibility index (Phi) is 9.05. The van der Waals surface area contributed by atoms with Gasteiger partial charge >= 0.3 is 11.9 Å². The fraction of sp³-hybridized carbons (Fsp3) is 0.810. The molecule has 6 nitrogen and oxygen atoms in total. The van der Waals surface area contributed by atoms with Crippen LogP contribution < -0.4 is 0 Å². The standard InChI is InChI=1S/C42H56Br2O6/c1-39-16-13-25(45)19-23(39)5-7-27-29-10-12-35(41(29,3)17-14-31(27)39)50-38(48)37(44)33-21-26(46)20-24-6-8-28-30-9-11-34(49-36(47)22-43)40(30,2)18-15-32(28)42(24,33)4/h19-20,27-35,37H,5-18,21-22H2,1-4H3/t27-,28-,29-,30-,31-,32+,33?,34?,35-,37?,39-,40-,41-,42-/m0/s1. The first-order valence-electron chi connectivity index (χ1n) is 19.8. The van der Waals surface area contributed by atoms with Gasteiger partial charge in [-0.15, -0.1) is 0 Å². The number of ketones is 2. The Morgan fingerprint density at radius 2 is 1.30 bits per heavy atom. The molecule has 8 rings (SSSR count). The number of fused-ring (bicyclic) bond motifs is 10. The molecular weight excluding hydrogens is 760 g/mol. The maximum atomic E-state index is 14.4. The summed E-state index contributed by atoms with van der Waals surface area (Å²) in [6.07, 6.45) is 18.1. The van der Waals surface area contributed by atoms with Crippen LogP contribution in [0.15, 0.2) is 23.3 Å². The van der Waals surface area contributed by atoms with Gasteiger partial charge in [-0.25, -0.2) is 0 Å². The second kappa shape index (κ2) is 12.7. The molecule has 0 aromatic heterocycles. The van der Waals surface area contributed by atoms with E-state index >= 15 is 0 Å². The zero-order chi connectivity index (χ0) is 35.4. The number of carbonyl (C=O) groups excluding carboxylic acids is 4. The van der Waals surface area contributed by atoms with Crippen LogP contribution in [0.2, 0.25) is 0 Å². The van der Waals surface area contributed by atoms with Crippen LogP contribution >= 0.6 is 31.9 Å². The number of carbonyl (C=O) groups is 4. The Morgan fingerprint density at radius 3 is 1.96 bits per heavy atom. The van der Waals surface area contributed by atoms with Crippen LogP contribution in [0.5, 0.6) is 0 Å². The van der Waals surface area contributed by atoms with Gasteiger partial charge in [-0.05, 0) is 148 Å². The number of esters is 2. The lowest BCUT2D eigenvalue weighted by Crippen LogP contribution is -2.56. The highest BCUT2D eigenvalue weighted by Gasteiger charge is 2.64. The Morgan fingerprint density at radius 1 is 0.720 bits per heavy atom. The van der Waals surface area contributed by atoms with Gasteiger partial charge in [0.25, 0.3) is 0 Å². The van der Waals surface area contributed by atoms with Crippen LogP contribution in [-0.4, -0.2) is 45.9 Å². The summed E-state index contributed by atoms with van der Waals surface area (Å²) < 4.78 is 12.6. The summed E-state index contributed by atoms with van der Waals surface area (Å²) in [6.45, 7) is 9.51. The van der Waals surface area contributed by atoms with Crippen molar-refractivity contribution in [3.05, 3.63) is 23.3 Å². The van der Waals surface area contributed by atoms with Crippen LogP contribution in [-0.2, 0) is 28.7 Å². The third kappa shape index (κ3) is 5.22. The number of hydrogen-bond acceptors (Lipinski definition) is 6. The smallest absolute Gasteiger partial charge is 0.320 e. The maximum absolute atomic E-state index is 14.4. The van der Waals surface area contributed by atoms with Crippen LogP contribution in [0.1, 0.15) is 124 Å². The van der Waals surface area contributed by atoms with Crippen molar-refractivity contribution in [3.8, 4) is 0 Å². The SMILES string of the molecule is C[C@]12CC[C@H]3[C@@H](CCC4=CC(=O)CC[C@@]43C)[C@@H]1CC[C@@H]2OC(=O)C(Br)C1CC(=O)C=C2CC[C@@H]3[C@@H](CC[C@]4(C)C(OC(=O)CBr)CC[C@@H]34)[C@]21C. The highest BCUT2D eigenvalue weighted by molar-refractivity contribution is 9.10. The van der Waals surface area contributed by atoms with Gasteiger partial charge in [0.05, 0.1) is 0 Å². The minimum Gasteiger partial charge on any atom is -0.461 e. The number of halogens is 2. The first kappa shape index (κ1) is 35.7. The van der Waals surface area contributed by atoms with Crippen molar-refractivity contribution in [1.29, 1.82) is 0 Å². The Balaban J connectivity index is 0.996. The van der Waals surface area contributed by atoms with E-state index in [1.54, 1.807) is 0 Å². The van der Waals surface area contributed by atoms with Crippen molar-refractivity contribution >= 4 is 55.4 Å². The van der Waals surface area contributed by atoms with Crippen molar-refractivity contribution in [2.75, 3.05) is 5.33 Å². The summed E-state index contributed by atoms with van der Waals surface area (Å²) in [5.74, 6) is 3.01. The molecule has 8 aliphatic rings. The molecule has 6 saturated carbocycles. The van der Waals surface area contributed by atoms with E-state index in [9.17, 15) is 19.2 Å². The number of ether oxygens (including phenoxy) is 2. The molecule has 0 saturated heterocycles. The average Bonchev–Trinajstić information content (AvgIpc) is 3.60. The van der Waals surface area contributed by atoms with Crippen molar-refractivity contribution in [2.45, 2.75) is 141 Å². The van der Waals surface area contributed by atoms with Crippen LogP contribution in [0.25, 0.3) is 0 Å². The summed E-state index contributed by atoms with van der Waals surface area (Å²) >= 11 is 7.20. The third-order valence-corrected chi connectivity index (χ3v) is 18.7. The van der Waals surface area contributed by atoms with E-state index < -0.39 is 4.83 Å². The Hall–Kier alpha value is -1.28. The van der Waals surface area contributed by atoms with Gasteiger partial charge < -0.3 is 9.47 Å². The minimum atomic E-state index is -0.538. The molecule has 8 aliphatic carbocycles. The van der Waals surface area contributed by atoms with E-state index in [-0.39, 0.29) is 62.8 Å². The molecule has 274 valence electrons. The number of allylic oxidation sites excluding steroid dienone is 2. The third-order valence-electron chi connectivity index (χ3n) is 17.2. The normalized spacial score (nSPS) is 48.4. The van der Waals surface area contributed by atoms with Gasteiger partial charge in [-0.2, -0.15) is 0 Å². The van der Waals surface area contributed by atoms with Crippen molar-refractivity contribution in [1.82, 2.24) is 0 Å². The van der Waals surface area contributed by atoms with Crippen LogP contribution in [0.4, 0.5) is 0 Å². The summed E-state index contributed by atoms with van der Waals surface area (Å²) in [5, 5.41) is 0.226. The van der Waals surface area contributed by atoms with Gasteiger partial charge in [0, 0.05) is 23.7 Å². The zero-order valence-electron chi connectivity index (χ0n) is 30.4. The lowest BCUT2D eigenvalue weighted by molar-refractivity contribution is -0.163. The van der Waals surface area contributed by atoms with Crippen molar-refractivity contribution < 1.29 is 28.7 Å². The lowest BCUT2D eigenvalue weighted by Gasteiger charge is -2.60. The topological polar surface area (TPSA) is 86.7 Å². The van der Waals surface area contributed by atoms with Crippen molar-refractivity contribution in [2.24, 2.45) is 63.1 Å². The lowest BCUT2D eigenvalue weighted by atomic mass is 9.45. The molecule has 14 atom stereocenters. The molecule has 0 aromatic carbocycles. The second-order valence-electron chi connectivity index (χ2n) is 18.8. The van der Waals surface area contributed by atoms with E-state index in [0.717, 1.165) is 83.5 Å². The Bertz CT molecular complexity index is 1540. The molecule has 0 aliphatic heterocycles. The predicted octanol–water partition coefficient (Wildman–Crippen LogP) is 9.26. The van der Waals surface area contributed by atoms with E-state index in [2.05, 4.69) is 59.6 Å². The van der Waals surface area contributed by atoms with Gasteiger partial charge in [-0.1, -0.05) is 70.7 Å². The quantitative estimate of drug-likeness (QED) is 0.203. The second-order valence-corrected chi connectivity index (χ2v) is 20.3. The summed E-state index contributed by atoms with van der Waals surface area (Å²) in [4.78, 5) is 51.7.